The summed E-state index contributed by atoms with van der Waals surface area (Å²) < 4.78 is 13.6. The Kier molecular flexibility index (Phi) is 5.15. The van der Waals surface area contributed by atoms with E-state index < -0.39 is 0 Å². The number of para-hydroxylation sites is 1. The molecular weight excluding hydrogens is 314 g/mol. The number of nitrogens with zero attached hydrogens (tertiary/aromatic N) is 2. The summed E-state index contributed by atoms with van der Waals surface area (Å²) in [4.78, 5) is 0. The molecular formula is C20H27N3O2. The van der Waals surface area contributed by atoms with Crippen LogP contribution in [-0.4, -0.2) is 47.8 Å². The van der Waals surface area contributed by atoms with Crippen LogP contribution in [0.4, 0.5) is 0 Å². The molecule has 1 aromatic heterocycles. The molecule has 134 valence electrons. The van der Waals surface area contributed by atoms with Gasteiger partial charge in [0.2, 0.25) is 0 Å². The van der Waals surface area contributed by atoms with Gasteiger partial charge in [-0.25, -0.2) is 4.68 Å². The first-order valence-corrected chi connectivity index (χ1v) is 9.37. The third kappa shape index (κ3) is 4.11. The molecule has 4 rings (SSSR count). The lowest BCUT2D eigenvalue weighted by Crippen LogP contribution is -2.50. The maximum atomic E-state index is 6.12. The number of benzene rings is 1. The van der Waals surface area contributed by atoms with Crippen molar-refractivity contribution in [1.82, 2.24) is 15.1 Å². The summed E-state index contributed by atoms with van der Waals surface area (Å²) >= 11 is 0. The first-order chi connectivity index (χ1) is 12.3. The predicted molar refractivity (Wildman–Crippen MR) is 97.0 cm³/mol. The third-order valence-corrected chi connectivity index (χ3v) is 5.40. The molecule has 1 atom stereocenters. The summed E-state index contributed by atoms with van der Waals surface area (Å²) in [5.74, 6) is 0. The third-order valence-electron chi connectivity index (χ3n) is 5.40. The number of nitrogens with one attached hydrogen (secondary N) is 1. The second-order valence-electron chi connectivity index (χ2n) is 7.17. The van der Waals surface area contributed by atoms with Gasteiger partial charge in [-0.05, 0) is 56.3 Å². The zero-order chi connectivity index (χ0) is 17.0. The second-order valence-corrected chi connectivity index (χ2v) is 7.17. The van der Waals surface area contributed by atoms with Gasteiger partial charge in [-0.3, -0.25) is 0 Å². The number of rotatable bonds is 5. The van der Waals surface area contributed by atoms with Crippen molar-refractivity contribution in [2.45, 2.75) is 43.7 Å². The molecule has 2 aliphatic heterocycles. The molecule has 5 nitrogen and oxygen atoms in total. The fourth-order valence-corrected chi connectivity index (χ4v) is 3.93. The summed E-state index contributed by atoms with van der Waals surface area (Å²) in [5.41, 5.74) is 2.43. The van der Waals surface area contributed by atoms with Crippen LogP contribution in [0, 0.1) is 0 Å². The fraction of sp³-hybridized carbons (Fsp3) is 0.550. The standard InChI is InChI=1S/C20H27N3O2/c1-2-4-19(5-3-1)23-16-17(15-22-23)6-10-21-18-7-11-25-20(14-18)8-12-24-13-9-20/h1-5,15-16,18,21H,6-14H2. The van der Waals surface area contributed by atoms with Gasteiger partial charge in [0.25, 0.3) is 0 Å². The van der Waals surface area contributed by atoms with Crippen LogP contribution in [0.3, 0.4) is 0 Å². The van der Waals surface area contributed by atoms with E-state index >= 15 is 0 Å². The molecule has 1 aromatic carbocycles. The molecule has 2 aromatic rings. The Labute approximate surface area is 149 Å². The molecule has 0 radical (unpaired) electrons. The summed E-state index contributed by atoms with van der Waals surface area (Å²) in [6.07, 6.45) is 9.38. The van der Waals surface area contributed by atoms with E-state index in [2.05, 4.69) is 28.7 Å². The minimum atomic E-state index is 0.0619. The lowest BCUT2D eigenvalue weighted by Gasteiger charge is -2.43. The molecule has 1 unspecified atom stereocenters. The maximum absolute atomic E-state index is 6.12. The van der Waals surface area contributed by atoms with E-state index in [9.17, 15) is 0 Å². The molecule has 0 bridgehead atoms. The van der Waals surface area contributed by atoms with Crippen molar-refractivity contribution in [2.75, 3.05) is 26.4 Å². The molecule has 25 heavy (non-hydrogen) atoms. The van der Waals surface area contributed by atoms with Crippen LogP contribution in [0.25, 0.3) is 5.69 Å². The lowest BCUT2D eigenvalue weighted by molar-refractivity contribution is -0.140. The highest BCUT2D eigenvalue weighted by Crippen LogP contribution is 2.34. The predicted octanol–water partition coefficient (Wildman–Crippen LogP) is 2.73. The lowest BCUT2D eigenvalue weighted by atomic mass is 9.84. The monoisotopic (exact) mass is 341 g/mol. The zero-order valence-electron chi connectivity index (χ0n) is 14.7. The summed E-state index contributed by atoms with van der Waals surface area (Å²) in [7, 11) is 0. The smallest absolute Gasteiger partial charge is 0.0741 e. The average molecular weight is 341 g/mol. The minimum Gasteiger partial charge on any atom is -0.381 e. The largest absolute Gasteiger partial charge is 0.381 e. The number of aromatic nitrogens is 2. The number of ether oxygens (including phenoxy) is 2. The van der Waals surface area contributed by atoms with Crippen LogP contribution in [0.1, 0.15) is 31.2 Å². The average Bonchev–Trinajstić information content (AvgIpc) is 3.12. The van der Waals surface area contributed by atoms with Crippen LogP contribution >= 0.6 is 0 Å². The van der Waals surface area contributed by atoms with Crippen LogP contribution in [0.2, 0.25) is 0 Å². The summed E-state index contributed by atoms with van der Waals surface area (Å²) in [5, 5.41) is 8.21. The van der Waals surface area contributed by atoms with Crippen LogP contribution < -0.4 is 5.32 Å². The molecule has 1 N–H and O–H groups in total. The highest BCUT2D eigenvalue weighted by Gasteiger charge is 2.38. The second kappa shape index (κ2) is 7.68. The van der Waals surface area contributed by atoms with Crippen molar-refractivity contribution >= 4 is 0 Å². The highest BCUT2D eigenvalue weighted by atomic mass is 16.5. The number of hydrogen-bond donors (Lipinski definition) is 1. The van der Waals surface area contributed by atoms with Gasteiger partial charge in [-0.15, -0.1) is 0 Å². The molecule has 1 spiro atoms. The summed E-state index contributed by atoms with van der Waals surface area (Å²) in [6.45, 7) is 3.53. The Morgan fingerprint density at radius 2 is 2.00 bits per heavy atom. The van der Waals surface area contributed by atoms with Crippen molar-refractivity contribution in [1.29, 1.82) is 0 Å². The van der Waals surface area contributed by atoms with Crippen molar-refractivity contribution in [3.63, 3.8) is 0 Å². The van der Waals surface area contributed by atoms with Crippen LogP contribution in [0.5, 0.6) is 0 Å². The summed E-state index contributed by atoms with van der Waals surface area (Å²) in [6, 6.07) is 10.8. The van der Waals surface area contributed by atoms with E-state index in [1.165, 1.54) is 5.56 Å². The van der Waals surface area contributed by atoms with Gasteiger partial charge in [0.05, 0.1) is 17.5 Å². The first-order valence-electron chi connectivity index (χ1n) is 9.37. The minimum absolute atomic E-state index is 0.0619. The molecule has 5 heteroatoms. The maximum Gasteiger partial charge on any atom is 0.0741 e. The van der Waals surface area contributed by atoms with E-state index in [4.69, 9.17) is 9.47 Å². The Hall–Kier alpha value is -1.69. The van der Waals surface area contributed by atoms with Crippen LogP contribution in [-0.2, 0) is 15.9 Å². The molecule has 2 fully saturated rings. The van der Waals surface area contributed by atoms with Gasteiger partial charge in [0.15, 0.2) is 0 Å². The van der Waals surface area contributed by atoms with E-state index in [0.717, 1.165) is 64.2 Å². The highest BCUT2D eigenvalue weighted by molar-refractivity contribution is 5.30. The van der Waals surface area contributed by atoms with E-state index in [1.807, 2.05) is 29.1 Å². The number of hydrogen-bond acceptors (Lipinski definition) is 4. The van der Waals surface area contributed by atoms with Gasteiger partial charge in [0.1, 0.15) is 0 Å². The Bertz CT molecular complexity index is 659. The Morgan fingerprint density at radius 1 is 1.16 bits per heavy atom. The van der Waals surface area contributed by atoms with Gasteiger partial charge < -0.3 is 14.8 Å². The van der Waals surface area contributed by atoms with Gasteiger partial charge in [0, 0.05) is 32.1 Å². The topological polar surface area (TPSA) is 48.3 Å². The Balaban J connectivity index is 1.27. The van der Waals surface area contributed by atoms with Crippen molar-refractivity contribution in [2.24, 2.45) is 0 Å². The van der Waals surface area contributed by atoms with Crippen molar-refractivity contribution in [3.05, 3.63) is 48.3 Å². The first kappa shape index (κ1) is 16.8. The van der Waals surface area contributed by atoms with Gasteiger partial charge in [-0.2, -0.15) is 5.10 Å². The molecule has 0 aliphatic carbocycles. The molecule has 0 amide bonds. The quantitative estimate of drug-likeness (QED) is 0.908. The van der Waals surface area contributed by atoms with Crippen LogP contribution in [0.15, 0.2) is 42.7 Å². The zero-order valence-corrected chi connectivity index (χ0v) is 14.7. The van der Waals surface area contributed by atoms with E-state index in [0.29, 0.717) is 6.04 Å². The molecule has 2 aliphatic rings. The Morgan fingerprint density at radius 3 is 2.84 bits per heavy atom. The van der Waals surface area contributed by atoms with Crippen molar-refractivity contribution in [3.8, 4) is 5.69 Å². The van der Waals surface area contributed by atoms with Gasteiger partial charge >= 0.3 is 0 Å². The van der Waals surface area contributed by atoms with Gasteiger partial charge in [-0.1, -0.05) is 18.2 Å². The molecule has 3 heterocycles. The molecule has 0 saturated carbocycles. The fourth-order valence-electron chi connectivity index (χ4n) is 3.93. The van der Waals surface area contributed by atoms with E-state index in [-0.39, 0.29) is 5.60 Å². The van der Waals surface area contributed by atoms with Crippen molar-refractivity contribution < 1.29 is 9.47 Å². The van der Waals surface area contributed by atoms with E-state index in [1.54, 1.807) is 0 Å². The molecule has 2 saturated heterocycles. The normalized spacial score (nSPS) is 23.0. The SMILES string of the molecule is c1ccc(-n2cc(CCNC3CCOC4(CCOCC4)C3)cn2)cc1.